The molecule has 10 heteroatoms. The number of carbonyl (C=O) groups excluding carboxylic acids is 3. The van der Waals surface area contributed by atoms with Crippen LogP contribution < -0.4 is 20.3 Å². The summed E-state index contributed by atoms with van der Waals surface area (Å²) >= 11 is 18.2. The third-order valence-corrected chi connectivity index (χ3v) is 5.68. The van der Waals surface area contributed by atoms with Crippen molar-refractivity contribution in [3.8, 4) is 5.75 Å². The van der Waals surface area contributed by atoms with Crippen LogP contribution in [0, 0.1) is 0 Å². The number of carbonyl (C=O) groups is 3. The topological polar surface area (TPSA) is 87.7 Å². The molecule has 0 spiro atoms. The molecule has 0 saturated heterocycles. The number of amides is 3. The van der Waals surface area contributed by atoms with Gasteiger partial charge in [0.05, 0.1) is 12.8 Å². The lowest BCUT2D eigenvalue weighted by atomic mass is 10.2. The first-order valence-electron chi connectivity index (χ1n) is 9.84. The largest absolute Gasteiger partial charge is 0.497 e. The van der Waals surface area contributed by atoms with Gasteiger partial charge in [-0.1, -0.05) is 34.8 Å². The summed E-state index contributed by atoms with van der Waals surface area (Å²) in [6, 6.07) is 17.6. The van der Waals surface area contributed by atoms with Crippen LogP contribution in [0.1, 0.15) is 10.4 Å². The van der Waals surface area contributed by atoms with E-state index in [0.29, 0.717) is 22.7 Å². The molecule has 0 bridgehead atoms. The number of halogens is 3. The molecule has 1 aliphatic heterocycles. The lowest BCUT2D eigenvalue weighted by molar-refractivity contribution is -0.120. The molecule has 0 unspecified atom stereocenters. The average molecular weight is 517 g/mol. The summed E-state index contributed by atoms with van der Waals surface area (Å²) in [5.41, 5.74) is 1.57. The molecule has 172 valence electrons. The highest BCUT2D eigenvalue weighted by atomic mass is 35.5. The molecule has 3 aromatic rings. The van der Waals surface area contributed by atoms with Crippen molar-refractivity contribution in [3.05, 3.63) is 93.1 Å². The Bertz CT molecular complexity index is 1300. The molecule has 0 aromatic heterocycles. The van der Waals surface area contributed by atoms with E-state index in [0.717, 1.165) is 4.90 Å². The highest BCUT2D eigenvalue weighted by molar-refractivity contribution is 6.53. The Labute approximate surface area is 209 Å². The normalized spacial score (nSPS) is 13.4. The second kappa shape index (κ2) is 9.77. The molecule has 0 radical (unpaired) electrons. The summed E-state index contributed by atoms with van der Waals surface area (Å²) in [6.45, 7) is 0. The van der Waals surface area contributed by atoms with E-state index in [2.05, 4.69) is 10.6 Å². The van der Waals surface area contributed by atoms with Gasteiger partial charge in [0.15, 0.2) is 0 Å². The number of imide groups is 1. The summed E-state index contributed by atoms with van der Waals surface area (Å²) in [5, 5.41) is 5.89. The third kappa shape index (κ3) is 4.87. The molecular formula is C24H16Cl3N3O4. The first-order chi connectivity index (χ1) is 16.3. The van der Waals surface area contributed by atoms with E-state index in [1.165, 1.54) is 18.2 Å². The Morgan fingerprint density at radius 1 is 0.824 bits per heavy atom. The average Bonchev–Trinajstić information content (AvgIpc) is 3.02. The number of hydrogen-bond acceptors (Lipinski definition) is 5. The number of ether oxygens (including phenoxy) is 1. The zero-order valence-corrected chi connectivity index (χ0v) is 19.8. The van der Waals surface area contributed by atoms with Gasteiger partial charge in [-0.2, -0.15) is 0 Å². The van der Waals surface area contributed by atoms with Crippen LogP contribution >= 0.6 is 34.8 Å². The molecular weight excluding hydrogens is 501 g/mol. The van der Waals surface area contributed by atoms with E-state index in [9.17, 15) is 14.4 Å². The van der Waals surface area contributed by atoms with Crippen LogP contribution in [-0.4, -0.2) is 24.8 Å². The van der Waals surface area contributed by atoms with E-state index >= 15 is 0 Å². The van der Waals surface area contributed by atoms with Gasteiger partial charge in [-0.3, -0.25) is 14.4 Å². The minimum atomic E-state index is -0.706. The quantitative estimate of drug-likeness (QED) is 0.411. The number of rotatable bonds is 6. The summed E-state index contributed by atoms with van der Waals surface area (Å²) in [4.78, 5) is 38.9. The number of nitrogens with one attached hydrogen (secondary N) is 2. The van der Waals surface area contributed by atoms with Gasteiger partial charge in [0.2, 0.25) is 0 Å². The lowest BCUT2D eigenvalue weighted by Gasteiger charge is -2.16. The van der Waals surface area contributed by atoms with Gasteiger partial charge >= 0.3 is 0 Å². The number of nitrogens with zero attached hydrogens (tertiary/aromatic N) is 1. The maximum absolute atomic E-state index is 12.9. The van der Waals surface area contributed by atoms with Crippen molar-refractivity contribution in [1.82, 2.24) is 0 Å². The van der Waals surface area contributed by atoms with Gasteiger partial charge in [-0.15, -0.1) is 0 Å². The zero-order chi connectivity index (χ0) is 24.4. The van der Waals surface area contributed by atoms with Crippen LogP contribution in [0.3, 0.4) is 0 Å². The maximum atomic E-state index is 12.9. The molecule has 34 heavy (non-hydrogen) atoms. The number of hydrogen-bond donors (Lipinski definition) is 2. The zero-order valence-electron chi connectivity index (χ0n) is 17.6. The fourth-order valence-electron chi connectivity index (χ4n) is 3.24. The second-order valence-corrected chi connectivity index (χ2v) is 8.40. The third-order valence-electron chi connectivity index (χ3n) is 4.90. The molecule has 3 aromatic carbocycles. The Hall–Kier alpha value is -3.52. The van der Waals surface area contributed by atoms with E-state index in [-0.39, 0.29) is 32.4 Å². The van der Waals surface area contributed by atoms with E-state index in [4.69, 9.17) is 39.5 Å². The van der Waals surface area contributed by atoms with Gasteiger partial charge in [-0.05, 0) is 66.7 Å². The minimum absolute atomic E-state index is 0.0989. The fourth-order valence-corrected chi connectivity index (χ4v) is 3.97. The number of benzene rings is 3. The molecule has 1 aliphatic rings. The van der Waals surface area contributed by atoms with Crippen LogP contribution in [-0.2, 0) is 9.59 Å². The highest BCUT2D eigenvalue weighted by Crippen LogP contribution is 2.33. The van der Waals surface area contributed by atoms with Crippen LogP contribution in [0.2, 0.25) is 10.0 Å². The molecule has 0 saturated carbocycles. The highest BCUT2D eigenvalue weighted by Gasteiger charge is 2.39. The van der Waals surface area contributed by atoms with Crippen molar-refractivity contribution in [1.29, 1.82) is 0 Å². The van der Waals surface area contributed by atoms with Gasteiger partial charge < -0.3 is 15.4 Å². The molecule has 0 fully saturated rings. The lowest BCUT2D eigenvalue weighted by Crippen LogP contribution is -2.32. The molecule has 1 heterocycles. The Morgan fingerprint density at radius 3 is 2.00 bits per heavy atom. The Morgan fingerprint density at radius 2 is 1.41 bits per heavy atom. The van der Waals surface area contributed by atoms with Crippen LogP contribution in [0.5, 0.6) is 5.75 Å². The van der Waals surface area contributed by atoms with Crippen molar-refractivity contribution in [3.63, 3.8) is 0 Å². The van der Waals surface area contributed by atoms with Crippen molar-refractivity contribution in [2.24, 2.45) is 0 Å². The monoisotopic (exact) mass is 515 g/mol. The van der Waals surface area contributed by atoms with Crippen LogP contribution in [0.15, 0.2) is 77.5 Å². The molecule has 0 atom stereocenters. The van der Waals surface area contributed by atoms with E-state index in [1.807, 2.05) is 0 Å². The van der Waals surface area contributed by atoms with Gasteiger partial charge in [0.1, 0.15) is 16.5 Å². The van der Waals surface area contributed by atoms with E-state index in [1.54, 1.807) is 55.6 Å². The van der Waals surface area contributed by atoms with Gasteiger partial charge in [-0.25, -0.2) is 4.90 Å². The summed E-state index contributed by atoms with van der Waals surface area (Å²) in [5.74, 6) is -0.999. The standard InChI is InChI=1S/C24H16Cl3N3O4/c1-34-19-8-6-17(7-9-19)29-22(31)13-2-4-16(5-3-13)28-21-20(27)23(32)30(24(21)33)18-11-14(25)10-15(26)12-18/h2-12,28H,1H3,(H,29,31). The first kappa shape index (κ1) is 23.6. The molecule has 3 amide bonds. The van der Waals surface area contributed by atoms with E-state index < -0.39 is 11.8 Å². The molecule has 7 nitrogen and oxygen atoms in total. The summed E-state index contributed by atoms with van der Waals surface area (Å²) in [6.07, 6.45) is 0. The fraction of sp³-hybridized carbons (Fsp3) is 0.0417. The molecule has 4 rings (SSSR count). The summed E-state index contributed by atoms with van der Waals surface area (Å²) < 4.78 is 5.10. The van der Waals surface area contributed by atoms with Crippen molar-refractivity contribution in [2.45, 2.75) is 0 Å². The smallest absolute Gasteiger partial charge is 0.283 e. The van der Waals surface area contributed by atoms with Crippen LogP contribution in [0.25, 0.3) is 0 Å². The second-order valence-electron chi connectivity index (χ2n) is 7.15. The minimum Gasteiger partial charge on any atom is -0.497 e. The maximum Gasteiger partial charge on any atom is 0.283 e. The Kier molecular flexibility index (Phi) is 6.79. The number of anilines is 3. The number of methoxy groups -OCH3 is 1. The SMILES string of the molecule is COc1ccc(NC(=O)c2ccc(NC3=C(Cl)C(=O)N(c4cc(Cl)cc(Cl)c4)C3=O)cc2)cc1. The predicted molar refractivity (Wildman–Crippen MR) is 133 cm³/mol. The molecule has 0 aliphatic carbocycles. The van der Waals surface area contributed by atoms with Gasteiger partial charge in [0, 0.05) is 27.0 Å². The molecule has 2 N–H and O–H groups in total. The van der Waals surface area contributed by atoms with Crippen molar-refractivity contribution < 1.29 is 19.1 Å². The Balaban J connectivity index is 1.47. The van der Waals surface area contributed by atoms with Crippen molar-refractivity contribution in [2.75, 3.05) is 22.6 Å². The van der Waals surface area contributed by atoms with Crippen molar-refractivity contribution >= 4 is 69.6 Å². The van der Waals surface area contributed by atoms with Crippen LogP contribution in [0.4, 0.5) is 17.1 Å². The van der Waals surface area contributed by atoms with Gasteiger partial charge in [0.25, 0.3) is 17.7 Å². The predicted octanol–water partition coefficient (Wildman–Crippen LogP) is 5.69. The summed E-state index contributed by atoms with van der Waals surface area (Å²) in [7, 11) is 1.56. The first-order valence-corrected chi connectivity index (χ1v) is 11.0.